The molecule has 3 N–H and O–H groups in total. The van der Waals surface area contributed by atoms with E-state index in [4.69, 9.17) is 4.74 Å². The number of barbiturate groups is 1. The summed E-state index contributed by atoms with van der Waals surface area (Å²) in [7, 11) is 0. The third-order valence-corrected chi connectivity index (χ3v) is 6.01. The molecule has 0 saturated carbocycles. The van der Waals surface area contributed by atoms with Crippen LogP contribution in [-0.2, 0) is 15.1 Å². The summed E-state index contributed by atoms with van der Waals surface area (Å²) in [5.74, 6) is -0.205. The minimum absolute atomic E-state index is 0.0974. The van der Waals surface area contributed by atoms with Crippen molar-refractivity contribution in [2.24, 2.45) is 0 Å². The molecule has 0 bridgehead atoms. The second-order valence-corrected chi connectivity index (χ2v) is 8.19. The number of benzene rings is 2. The van der Waals surface area contributed by atoms with Crippen molar-refractivity contribution in [3.05, 3.63) is 58.6 Å². The van der Waals surface area contributed by atoms with Gasteiger partial charge in [0.1, 0.15) is 11.5 Å². The maximum atomic E-state index is 13.1. The number of piperazine rings is 1. The van der Waals surface area contributed by atoms with Crippen LogP contribution in [0.2, 0.25) is 0 Å². The molecule has 2 aliphatic heterocycles. The molecule has 2 aromatic rings. The van der Waals surface area contributed by atoms with Crippen LogP contribution in [0.25, 0.3) is 0 Å². The fourth-order valence-electron chi connectivity index (χ4n) is 3.88. The van der Waals surface area contributed by atoms with Gasteiger partial charge in [0.2, 0.25) is 5.54 Å². The van der Waals surface area contributed by atoms with Crippen molar-refractivity contribution in [2.45, 2.75) is 5.54 Å². The number of nitrogens with one attached hydrogen (secondary N) is 2. The minimum Gasteiger partial charge on any atom is -0.457 e. The number of amides is 4. The van der Waals surface area contributed by atoms with Gasteiger partial charge in [0, 0.05) is 30.7 Å². The third kappa shape index (κ3) is 4.07. The largest absolute Gasteiger partial charge is 0.457 e. The summed E-state index contributed by atoms with van der Waals surface area (Å²) in [4.78, 5) is 41.4. The number of carbonyl (C=O) groups excluding carboxylic acids is 3. The van der Waals surface area contributed by atoms with Crippen LogP contribution < -0.4 is 15.4 Å². The van der Waals surface area contributed by atoms with Gasteiger partial charge in [-0.1, -0.05) is 28.1 Å². The van der Waals surface area contributed by atoms with Crippen molar-refractivity contribution < 1.29 is 24.2 Å². The number of hydrogen-bond donors (Lipinski definition) is 3. The van der Waals surface area contributed by atoms with E-state index in [0.717, 1.165) is 4.47 Å². The molecule has 2 heterocycles. The van der Waals surface area contributed by atoms with Crippen molar-refractivity contribution >= 4 is 33.8 Å². The molecule has 9 nitrogen and oxygen atoms in total. The first kappa shape index (κ1) is 21.4. The Kier molecular flexibility index (Phi) is 6.05. The Morgan fingerprint density at radius 2 is 1.39 bits per heavy atom. The normalized spacial score (nSPS) is 19.6. The molecule has 0 aliphatic carbocycles. The first-order chi connectivity index (χ1) is 14.9. The lowest BCUT2D eigenvalue weighted by Gasteiger charge is -2.46. The molecule has 4 amide bonds. The van der Waals surface area contributed by atoms with Gasteiger partial charge in [0.25, 0.3) is 11.8 Å². The number of aliphatic hydroxyl groups is 1. The van der Waals surface area contributed by atoms with E-state index in [0.29, 0.717) is 43.2 Å². The van der Waals surface area contributed by atoms with E-state index in [1.54, 1.807) is 29.2 Å². The number of urea groups is 1. The Balaban J connectivity index is 1.65. The monoisotopic (exact) mass is 488 g/mol. The SMILES string of the molecule is O=C1NC(=O)C(c2ccc(Oc3ccc(Br)cc3)cc2)(N2CCN(CO)CC2)C(=O)N1. The molecule has 2 aromatic carbocycles. The summed E-state index contributed by atoms with van der Waals surface area (Å²) in [5.41, 5.74) is -1.26. The second kappa shape index (κ2) is 8.75. The minimum atomic E-state index is -1.69. The molecule has 0 aromatic heterocycles. The highest BCUT2D eigenvalue weighted by Crippen LogP contribution is 2.34. The average molecular weight is 489 g/mol. The van der Waals surface area contributed by atoms with Gasteiger partial charge in [0.05, 0.1) is 6.73 Å². The topological polar surface area (TPSA) is 111 Å². The molecular weight excluding hydrogens is 468 g/mol. The van der Waals surface area contributed by atoms with E-state index < -0.39 is 23.4 Å². The van der Waals surface area contributed by atoms with Gasteiger partial charge in [0.15, 0.2) is 0 Å². The molecule has 31 heavy (non-hydrogen) atoms. The maximum Gasteiger partial charge on any atom is 0.328 e. The molecule has 10 heteroatoms. The molecular formula is C21H21BrN4O5. The Morgan fingerprint density at radius 3 is 1.90 bits per heavy atom. The van der Waals surface area contributed by atoms with Crippen LogP contribution in [0, 0.1) is 0 Å². The van der Waals surface area contributed by atoms with Crippen molar-refractivity contribution in [1.29, 1.82) is 0 Å². The van der Waals surface area contributed by atoms with Crippen LogP contribution in [0.3, 0.4) is 0 Å². The Bertz CT molecular complexity index is 968. The first-order valence-electron chi connectivity index (χ1n) is 9.72. The average Bonchev–Trinajstić information content (AvgIpc) is 2.76. The van der Waals surface area contributed by atoms with Crippen molar-refractivity contribution in [3.8, 4) is 11.5 Å². The highest BCUT2D eigenvalue weighted by atomic mass is 79.9. The quantitative estimate of drug-likeness (QED) is 0.545. The lowest BCUT2D eigenvalue weighted by Crippen LogP contribution is -2.72. The lowest BCUT2D eigenvalue weighted by atomic mass is 9.84. The van der Waals surface area contributed by atoms with Gasteiger partial charge < -0.3 is 9.84 Å². The summed E-state index contributed by atoms with van der Waals surface area (Å²) in [5, 5.41) is 13.8. The first-order valence-corrected chi connectivity index (χ1v) is 10.5. The Hall–Kier alpha value is -2.79. The van der Waals surface area contributed by atoms with Crippen LogP contribution in [0.1, 0.15) is 5.56 Å². The number of rotatable bonds is 5. The van der Waals surface area contributed by atoms with Crippen molar-refractivity contribution in [3.63, 3.8) is 0 Å². The smallest absolute Gasteiger partial charge is 0.328 e. The molecule has 2 fully saturated rings. The molecule has 0 atom stereocenters. The van der Waals surface area contributed by atoms with Gasteiger partial charge in [-0.15, -0.1) is 0 Å². The summed E-state index contributed by atoms with van der Waals surface area (Å²) >= 11 is 3.38. The Morgan fingerprint density at radius 1 is 0.871 bits per heavy atom. The number of hydrogen-bond acceptors (Lipinski definition) is 7. The van der Waals surface area contributed by atoms with Crippen LogP contribution >= 0.6 is 15.9 Å². The molecule has 0 unspecified atom stereocenters. The summed E-state index contributed by atoms with van der Waals surface area (Å²) < 4.78 is 6.76. The van der Waals surface area contributed by atoms with Gasteiger partial charge in [-0.05, 0) is 42.0 Å². The van der Waals surface area contributed by atoms with Gasteiger partial charge in [-0.25, -0.2) is 4.79 Å². The highest BCUT2D eigenvalue weighted by molar-refractivity contribution is 9.10. The molecule has 162 valence electrons. The predicted molar refractivity (Wildman–Crippen MR) is 114 cm³/mol. The third-order valence-electron chi connectivity index (χ3n) is 5.48. The fraction of sp³-hybridized carbons (Fsp3) is 0.286. The van der Waals surface area contributed by atoms with Crippen molar-refractivity contribution in [1.82, 2.24) is 20.4 Å². The summed E-state index contributed by atoms with van der Waals surface area (Å²) in [6.45, 7) is 1.61. The summed E-state index contributed by atoms with van der Waals surface area (Å²) in [6, 6.07) is 13.2. The zero-order valence-electron chi connectivity index (χ0n) is 16.5. The highest BCUT2D eigenvalue weighted by Gasteiger charge is 2.56. The van der Waals surface area contributed by atoms with Crippen molar-refractivity contribution in [2.75, 3.05) is 32.9 Å². The molecule has 4 rings (SSSR count). The zero-order chi connectivity index (χ0) is 22.0. The number of nitrogens with zero attached hydrogens (tertiary/aromatic N) is 2. The molecule has 2 saturated heterocycles. The van der Waals surface area contributed by atoms with Crippen LogP contribution in [-0.4, -0.2) is 65.7 Å². The number of halogens is 1. The lowest BCUT2D eigenvalue weighted by molar-refractivity contribution is -0.150. The number of aliphatic hydroxyl groups excluding tert-OH is 1. The van der Waals surface area contributed by atoms with Gasteiger partial charge >= 0.3 is 6.03 Å². The van der Waals surface area contributed by atoms with Crippen LogP contribution in [0.15, 0.2) is 53.0 Å². The van der Waals surface area contributed by atoms with E-state index in [9.17, 15) is 19.5 Å². The van der Waals surface area contributed by atoms with E-state index >= 15 is 0 Å². The maximum absolute atomic E-state index is 13.1. The zero-order valence-corrected chi connectivity index (χ0v) is 18.1. The van der Waals surface area contributed by atoms with E-state index in [1.807, 2.05) is 29.2 Å². The molecule has 0 radical (unpaired) electrons. The second-order valence-electron chi connectivity index (χ2n) is 7.27. The van der Waals surface area contributed by atoms with Crippen LogP contribution in [0.5, 0.6) is 11.5 Å². The van der Waals surface area contributed by atoms with E-state index in [1.165, 1.54) is 0 Å². The summed E-state index contributed by atoms with van der Waals surface area (Å²) in [6.07, 6.45) is 0. The fourth-order valence-corrected chi connectivity index (χ4v) is 4.15. The number of ether oxygens (including phenoxy) is 1. The number of carbonyl (C=O) groups is 3. The standard InChI is InChI=1S/C21H21BrN4O5/c22-15-3-7-17(8-4-15)31-16-5-1-14(2-6-16)21(18(28)23-20(30)24-19(21)29)26-11-9-25(13-27)10-12-26/h1-8,27H,9-13H2,(H2,23,24,28,29,30). The predicted octanol–water partition coefficient (Wildman–Crippen LogP) is 1.37. The molecule has 0 spiro atoms. The van der Waals surface area contributed by atoms with Gasteiger partial charge in [-0.2, -0.15) is 0 Å². The van der Waals surface area contributed by atoms with Crippen LogP contribution in [0.4, 0.5) is 4.79 Å². The van der Waals surface area contributed by atoms with E-state index in [2.05, 4.69) is 26.6 Å². The van der Waals surface area contributed by atoms with E-state index in [-0.39, 0.29) is 6.73 Å². The molecule has 2 aliphatic rings. The van der Waals surface area contributed by atoms with Gasteiger partial charge in [-0.3, -0.25) is 30.0 Å². The Labute approximate surface area is 187 Å². The number of imide groups is 2.